The van der Waals surface area contributed by atoms with Gasteiger partial charge in [0.25, 0.3) is 5.91 Å². The van der Waals surface area contributed by atoms with E-state index in [2.05, 4.69) is 5.32 Å². The molecule has 6 heteroatoms. The van der Waals surface area contributed by atoms with Crippen molar-refractivity contribution >= 4 is 46.3 Å². The summed E-state index contributed by atoms with van der Waals surface area (Å²) in [6, 6.07) is 8.04. The van der Waals surface area contributed by atoms with Crippen molar-refractivity contribution in [2.45, 2.75) is 6.92 Å². The van der Waals surface area contributed by atoms with Crippen LogP contribution in [0, 0.1) is 12.7 Å². The van der Waals surface area contributed by atoms with Crippen LogP contribution in [0.2, 0.25) is 0 Å². The highest BCUT2D eigenvalue weighted by atomic mass is 32.1. The molecule has 0 atom stereocenters. The van der Waals surface area contributed by atoms with Gasteiger partial charge in [-0.15, -0.1) is 11.3 Å². The van der Waals surface area contributed by atoms with Crippen molar-refractivity contribution < 1.29 is 9.18 Å². The summed E-state index contributed by atoms with van der Waals surface area (Å²) in [6.45, 7) is 1.97. The van der Waals surface area contributed by atoms with Gasteiger partial charge in [0.15, 0.2) is 5.11 Å². The predicted octanol–water partition coefficient (Wildman–Crippen LogP) is 3.46. The molecule has 1 aliphatic rings. The molecule has 1 N–H and O–H groups in total. The Bertz CT molecular complexity index is 767. The fourth-order valence-corrected chi connectivity index (χ4v) is 3.20. The van der Waals surface area contributed by atoms with Crippen LogP contribution in [0.3, 0.4) is 0 Å². The standard InChI is InChI=1S/C15H11FN2OS2/c1-9-6-7-21-13(9)8-11-14(19)18(15(20)17-11)12-5-3-2-4-10(12)16/h2-8H,1H3,(H,17,20)/b11-8-. The predicted molar refractivity (Wildman–Crippen MR) is 86.7 cm³/mol. The van der Waals surface area contributed by atoms with E-state index < -0.39 is 5.82 Å². The lowest BCUT2D eigenvalue weighted by atomic mass is 10.2. The second-order valence-electron chi connectivity index (χ2n) is 4.55. The molecule has 0 saturated carbocycles. The zero-order valence-corrected chi connectivity index (χ0v) is 12.7. The fourth-order valence-electron chi connectivity index (χ4n) is 2.05. The Hall–Kier alpha value is -2.05. The smallest absolute Gasteiger partial charge is 0.281 e. The Labute approximate surface area is 130 Å². The molecule has 1 aliphatic heterocycles. The van der Waals surface area contributed by atoms with Crippen LogP contribution in [-0.2, 0) is 4.79 Å². The van der Waals surface area contributed by atoms with E-state index in [4.69, 9.17) is 12.2 Å². The van der Waals surface area contributed by atoms with Crippen LogP contribution in [0.5, 0.6) is 0 Å². The van der Waals surface area contributed by atoms with Crippen molar-refractivity contribution in [2.24, 2.45) is 0 Å². The number of nitrogens with zero attached hydrogens (tertiary/aromatic N) is 1. The minimum atomic E-state index is -0.483. The van der Waals surface area contributed by atoms with Gasteiger partial charge in [-0.25, -0.2) is 9.29 Å². The molecule has 1 aromatic heterocycles. The van der Waals surface area contributed by atoms with E-state index in [1.165, 1.54) is 28.4 Å². The van der Waals surface area contributed by atoms with Gasteiger partial charge in [0.2, 0.25) is 0 Å². The highest BCUT2D eigenvalue weighted by molar-refractivity contribution is 7.80. The topological polar surface area (TPSA) is 32.3 Å². The number of para-hydroxylation sites is 1. The van der Waals surface area contributed by atoms with Crippen LogP contribution < -0.4 is 10.2 Å². The molecule has 1 amide bonds. The van der Waals surface area contributed by atoms with Gasteiger partial charge in [0, 0.05) is 4.88 Å². The number of hydrogen-bond acceptors (Lipinski definition) is 3. The Morgan fingerprint density at radius 1 is 1.33 bits per heavy atom. The summed E-state index contributed by atoms with van der Waals surface area (Å²) in [4.78, 5) is 14.6. The number of thiocarbonyl (C=S) groups is 1. The van der Waals surface area contributed by atoms with Gasteiger partial charge in [-0.3, -0.25) is 4.79 Å². The zero-order valence-electron chi connectivity index (χ0n) is 11.1. The van der Waals surface area contributed by atoms with Gasteiger partial charge in [0.05, 0.1) is 5.69 Å². The van der Waals surface area contributed by atoms with Gasteiger partial charge >= 0.3 is 0 Å². The Morgan fingerprint density at radius 2 is 2.10 bits per heavy atom. The van der Waals surface area contributed by atoms with Crippen LogP contribution in [0.1, 0.15) is 10.4 Å². The van der Waals surface area contributed by atoms with Gasteiger partial charge in [-0.1, -0.05) is 12.1 Å². The second-order valence-corrected chi connectivity index (χ2v) is 5.88. The van der Waals surface area contributed by atoms with E-state index in [0.717, 1.165) is 10.4 Å². The highest BCUT2D eigenvalue weighted by Gasteiger charge is 2.33. The normalized spacial score (nSPS) is 16.7. The third-order valence-corrected chi connectivity index (χ3v) is 4.40. The number of thiophene rings is 1. The molecule has 1 saturated heterocycles. The highest BCUT2D eigenvalue weighted by Crippen LogP contribution is 2.26. The van der Waals surface area contributed by atoms with Crippen LogP contribution in [0.25, 0.3) is 6.08 Å². The maximum atomic E-state index is 13.9. The van der Waals surface area contributed by atoms with Crippen LogP contribution in [-0.4, -0.2) is 11.0 Å². The molecule has 0 bridgehead atoms. The molecule has 2 aromatic rings. The Morgan fingerprint density at radius 3 is 2.76 bits per heavy atom. The number of halogens is 1. The lowest BCUT2D eigenvalue weighted by Crippen LogP contribution is -2.31. The third-order valence-electron chi connectivity index (χ3n) is 3.15. The number of benzene rings is 1. The molecule has 21 heavy (non-hydrogen) atoms. The summed E-state index contributed by atoms with van der Waals surface area (Å²) < 4.78 is 13.9. The summed E-state index contributed by atoms with van der Waals surface area (Å²) in [7, 11) is 0. The van der Waals surface area contributed by atoms with E-state index in [0.29, 0.717) is 5.70 Å². The molecule has 1 fully saturated rings. The largest absolute Gasteiger partial charge is 0.327 e. The van der Waals surface area contributed by atoms with Crippen molar-refractivity contribution in [2.75, 3.05) is 4.90 Å². The lowest BCUT2D eigenvalue weighted by molar-refractivity contribution is -0.113. The van der Waals surface area contributed by atoms with E-state index in [9.17, 15) is 9.18 Å². The number of carbonyl (C=O) groups excluding carboxylic acids is 1. The zero-order chi connectivity index (χ0) is 15.0. The van der Waals surface area contributed by atoms with Crippen LogP contribution >= 0.6 is 23.6 Å². The average molecular weight is 318 g/mol. The number of hydrogen-bond donors (Lipinski definition) is 1. The summed E-state index contributed by atoms with van der Waals surface area (Å²) in [6.07, 6.45) is 1.75. The first-order valence-electron chi connectivity index (χ1n) is 6.23. The first-order chi connectivity index (χ1) is 10.1. The summed E-state index contributed by atoms with van der Waals surface area (Å²) >= 11 is 6.69. The van der Waals surface area contributed by atoms with E-state index in [-0.39, 0.29) is 16.7 Å². The van der Waals surface area contributed by atoms with Gasteiger partial charge < -0.3 is 5.32 Å². The SMILES string of the molecule is Cc1ccsc1/C=C1\NC(=S)N(c2ccccc2F)C1=O. The van der Waals surface area contributed by atoms with Gasteiger partial charge in [0.1, 0.15) is 11.5 Å². The van der Waals surface area contributed by atoms with Crippen LogP contribution in [0.15, 0.2) is 41.4 Å². The van der Waals surface area contributed by atoms with Crippen molar-refractivity contribution in [1.82, 2.24) is 5.32 Å². The van der Waals surface area contributed by atoms with E-state index >= 15 is 0 Å². The lowest BCUT2D eigenvalue weighted by Gasteiger charge is -2.14. The first kappa shape index (κ1) is 13.9. The maximum absolute atomic E-state index is 13.9. The second kappa shape index (κ2) is 5.38. The molecule has 0 unspecified atom stereocenters. The third kappa shape index (κ3) is 2.48. The number of amides is 1. The molecule has 1 aromatic carbocycles. The van der Waals surface area contributed by atoms with Crippen molar-refractivity contribution in [1.29, 1.82) is 0 Å². The monoisotopic (exact) mass is 318 g/mol. The van der Waals surface area contributed by atoms with Crippen molar-refractivity contribution in [3.05, 3.63) is 57.7 Å². The number of carbonyl (C=O) groups is 1. The summed E-state index contributed by atoms with van der Waals surface area (Å²) in [5.41, 5.74) is 1.59. The number of rotatable bonds is 2. The van der Waals surface area contributed by atoms with Gasteiger partial charge in [-0.05, 0) is 54.4 Å². The molecule has 3 rings (SSSR count). The quantitative estimate of drug-likeness (QED) is 0.680. The summed E-state index contributed by atoms with van der Waals surface area (Å²) in [5, 5.41) is 4.99. The number of nitrogens with one attached hydrogen (secondary N) is 1. The molecule has 0 spiro atoms. The average Bonchev–Trinajstić information content (AvgIpc) is 2.97. The number of anilines is 1. The fraction of sp³-hybridized carbons (Fsp3) is 0.0667. The van der Waals surface area contributed by atoms with Crippen LogP contribution in [0.4, 0.5) is 10.1 Å². The van der Waals surface area contributed by atoms with E-state index in [1.807, 2.05) is 18.4 Å². The first-order valence-corrected chi connectivity index (χ1v) is 7.52. The Kier molecular flexibility index (Phi) is 3.57. The Balaban J connectivity index is 1.99. The summed E-state index contributed by atoms with van der Waals surface area (Å²) in [5.74, 6) is -0.832. The van der Waals surface area contributed by atoms with Crippen molar-refractivity contribution in [3.8, 4) is 0 Å². The molecule has 106 valence electrons. The molecule has 0 aliphatic carbocycles. The molecule has 2 heterocycles. The maximum Gasteiger partial charge on any atom is 0.281 e. The molecule has 0 radical (unpaired) electrons. The molecular formula is C15H11FN2OS2. The minimum absolute atomic E-state index is 0.159. The van der Waals surface area contributed by atoms with Gasteiger partial charge in [-0.2, -0.15) is 0 Å². The minimum Gasteiger partial charge on any atom is -0.327 e. The molecular weight excluding hydrogens is 307 g/mol. The van der Waals surface area contributed by atoms with Crippen molar-refractivity contribution in [3.63, 3.8) is 0 Å². The van der Waals surface area contributed by atoms with E-state index in [1.54, 1.807) is 18.2 Å². The number of aryl methyl sites for hydroxylation is 1. The molecule has 3 nitrogen and oxygen atoms in total.